The summed E-state index contributed by atoms with van der Waals surface area (Å²) >= 11 is 1.59. The van der Waals surface area contributed by atoms with Crippen molar-refractivity contribution in [3.63, 3.8) is 0 Å². The van der Waals surface area contributed by atoms with E-state index in [1.54, 1.807) is 11.9 Å². The zero-order valence-corrected chi connectivity index (χ0v) is 7.96. The van der Waals surface area contributed by atoms with Crippen LogP contribution in [0.25, 0.3) is 0 Å². The normalized spacial score (nSPS) is 24.5. The van der Waals surface area contributed by atoms with Crippen molar-refractivity contribution in [2.75, 3.05) is 0 Å². The van der Waals surface area contributed by atoms with E-state index in [4.69, 9.17) is 6.42 Å². The van der Waals surface area contributed by atoms with Gasteiger partial charge in [-0.1, -0.05) is 38.6 Å². The summed E-state index contributed by atoms with van der Waals surface area (Å²) in [5, 5.41) is 2.12. The van der Waals surface area contributed by atoms with Crippen LogP contribution in [-0.4, -0.2) is 6.04 Å². The quantitative estimate of drug-likeness (QED) is 0.438. The van der Waals surface area contributed by atoms with Gasteiger partial charge in [0.1, 0.15) is 6.04 Å². The van der Waals surface area contributed by atoms with E-state index in [0.717, 1.165) is 0 Å². The maximum absolute atomic E-state index is 5.35. The summed E-state index contributed by atoms with van der Waals surface area (Å²) in [6.45, 7) is 6.53. The molecule has 1 aliphatic heterocycles. The molecular formula is C9H13NS. The van der Waals surface area contributed by atoms with Crippen molar-refractivity contribution >= 4 is 11.9 Å². The molecule has 1 N–H and O–H groups in total. The highest BCUT2D eigenvalue weighted by Crippen LogP contribution is 2.33. The van der Waals surface area contributed by atoms with Crippen molar-refractivity contribution < 1.29 is 0 Å². The summed E-state index contributed by atoms with van der Waals surface area (Å²) in [5.74, 6) is 2.72. The Bertz CT molecular complexity index is 217. The maximum atomic E-state index is 5.35. The van der Waals surface area contributed by atoms with Crippen molar-refractivity contribution in [3.8, 4) is 12.3 Å². The van der Waals surface area contributed by atoms with E-state index in [1.165, 1.54) is 5.57 Å². The molecule has 0 aromatic heterocycles. The lowest BCUT2D eigenvalue weighted by Crippen LogP contribution is -2.25. The third-order valence-corrected chi connectivity index (χ3v) is 2.46. The van der Waals surface area contributed by atoms with Crippen LogP contribution in [0.3, 0.4) is 0 Å². The van der Waals surface area contributed by atoms with Crippen LogP contribution in [0.2, 0.25) is 0 Å². The smallest absolute Gasteiger partial charge is 0.101 e. The molecule has 2 heteroatoms. The highest BCUT2D eigenvalue weighted by Gasteiger charge is 2.27. The predicted octanol–water partition coefficient (Wildman–Crippen LogP) is 2.17. The molecule has 0 radical (unpaired) electrons. The van der Waals surface area contributed by atoms with E-state index >= 15 is 0 Å². The Morgan fingerprint density at radius 1 is 1.64 bits per heavy atom. The molecule has 60 valence electrons. The van der Waals surface area contributed by atoms with Gasteiger partial charge in [-0.15, -0.1) is 6.42 Å². The van der Waals surface area contributed by atoms with E-state index in [9.17, 15) is 0 Å². The van der Waals surface area contributed by atoms with E-state index < -0.39 is 0 Å². The third-order valence-electron chi connectivity index (χ3n) is 1.72. The third kappa shape index (κ3) is 1.79. The number of nitrogens with one attached hydrogen (secondary N) is 1. The van der Waals surface area contributed by atoms with Crippen molar-refractivity contribution in [2.45, 2.75) is 26.8 Å². The van der Waals surface area contributed by atoms with Gasteiger partial charge in [0.25, 0.3) is 0 Å². The SMILES string of the molecule is C#CC1NSC=C1C(C)(C)C. The summed E-state index contributed by atoms with van der Waals surface area (Å²) < 4.78 is 3.15. The summed E-state index contributed by atoms with van der Waals surface area (Å²) in [4.78, 5) is 0. The molecule has 1 atom stereocenters. The van der Waals surface area contributed by atoms with Crippen LogP contribution >= 0.6 is 11.9 Å². The average Bonchev–Trinajstić information content (AvgIpc) is 2.31. The highest BCUT2D eigenvalue weighted by atomic mass is 32.2. The molecule has 0 spiro atoms. The zero-order valence-electron chi connectivity index (χ0n) is 7.14. The van der Waals surface area contributed by atoms with Crippen LogP contribution in [0, 0.1) is 17.8 Å². The first-order valence-electron chi connectivity index (χ1n) is 3.63. The fourth-order valence-corrected chi connectivity index (χ4v) is 2.05. The maximum Gasteiger partial charge on any atom is 0.101 e. The van der Waals surface area contributed by atoms with Gasteiger partial charge in [-0.2, -0.15) is 0 Å². The first kappa shape index (κ1) is 8.70. The van der Waals surface area contributed by atoms with Crippen LogP contribution in [0.4, 0.5) is 0 Å². The molecule has 0 fully saturated rings. The van der Waals surface area contributed by atoms with Crippen molar-refractivity contribution in [2.24, 2.45) is 5.41 Å². The molecule has 0 amide bonds. The second-order valence-electron chi connectivity index (χ2n) is 3.66. The van der Waals surface area contributed by atoms with Crippen LogP contribution < -0.4 is 4.72 Å². The second-order valence-corrected chi connectivity index (χ2v) is 4.37. The molecule has 0 saturated carbocycles. The minimum atomic E-state index is 0.125. The van der Waals surface area contributed by atoms with Crippen LogP contribution in [0.15, 0.2) is 11.0 Å². The van der Waals surface area contributed by atoms with Gasteiger partial charge >= 0.3 is 0 Å². The first-order chi connectivity index (χ1) is 5.05. The van der Waals surface area contributed by atoms with Gasteiger partial charge in [0.2, 0.25) is 0 Å². The van der Waals surface area contributed by atoms with Gasteiger partial charge < -0.3 is 0 Å². The van der Waals surface area contributed by atoms with E-state index in [2.05, 4.69) is 36.8 Å². The molecule has 0 aliphatic carbocycles. The largest absolute Gasteiger partial charge is 0.242 e. The molecule has 1 heterocycles. The van der Waals surface area contributed by atoms with Crippen molar-refractivity contribution in [1.82, 2.24) is 4.72 Å². The summed E-state index contributed by atoms with van der Waals surface area (Å²) in [6, 6.07) is 0.125. The standard InChI is InChI=1S/C9H13NS/c1-5-8-7(6-11-10-8)9(2,3)4/h1,6,8,10H,2-4H3. The summed E-state index contributed by atoms with van der Waals surface area (Å²) in [6.07, 6.45) is 5.35. The number of terminal acetylenes is 1. The molecule has 0 aromatic rings. The zero-order chi connectivity index (χ0) is 8.48. The lowest BCUT2D eigenvalue weighted by molar-refractivity contribution is 0.481. The minimum absolute atomic E-state index is 0.125. The van der Waals surface area contributed by atoms with Crippen LogP contribution in [0.1, 0.15) is 20.8 Å². The summed E-state index contributed by atoms with van der Waals surface area (Å²) in [5.41, 5.74) is 1.50. The lowest BCUT2D eigenvalue weighted by atomic mass is 9.84. The van der Waals surface area contributed by atoms with Crippen LogP contribution in [0.5, 0.6) is 0 Å². The molecular weight excluding hydrogens is 154 g/mol. The van der Waals surface area contributed by atoms with Gasteiger partial charge in [-0.05, 0) is 16.4 Å². The van der Waals surface area contributed by atoms with Gasteiger partial charge in [0.15, 0.2) is 0 Å². The molecule has 1 aliphatic rings. The molecule has 1 unspecified atom stereocenters. The Kier molecular flexibility index (Phi) is 2.31. The van der Waals surface area contributed by atoms with E-state index in [-0.39, 0.29) is 11.5 Å². The topological polar surface area (TPSA) is 12.0 Å². The van der Waals surface area contributed by atoms with Crippen molar-refractivity contribution in [3.05, 3.63) is 11.0 Å². The monoisotopic (exact) mass is 167 g/mol. The van der Waals surface area contributed by atoms with Gasteiger partial charge in [0, 0.05) is 0 Å². The molecule has 0 bridgehead atoms. The van der Waals surface area contributed by atoms with Gasteiger partial charge in [0.05, 0.1) is 0 Å². The molecule has 0 saturated heterocycles. The van der Waals surface area contributed by atoms with Crippen molar-refractivity contribution in [1.29, 1.82) is 0 Å². The average molecular weight is 167 g/mol. The number of hydrogen-bond donors (Lipinski definition) is 1. The first-order valence-corrected chi connectivity index (χ1v) is 4.51. The fourth-order valence-electron chi connectivity index (χ4n) is 1.03. The van der Waals surface area contributed by atoms with E-state index in [1.807, 2.05) is 0 Å². The Morgan fingerprint density at radius 2 is 2.27 bits per heavy atom. The Hall–Kier alpha value is -0.390. The van der Waals surface area contributed by atoms with Gasteiger partial charge in [-0.25, -0.2) is 4.72 Å². The Balaban J connectivity index is 2.81. The summed E-state index contributed by atoms with van der Waals surface area (Å²) in [7, 11) is 0. The lowest BCUT2D eigenvalue weighted by Gasteiger charge is -2.22. The number of hydrogen-bond acceptors (Lipinski definition) is 2. The highest BCUT2D eigenvalue weighted by molar-refractivity contribution is 8.00. The fraction of sp³-hybridized carbons (Fsp3) is 0.556. The minimum Gasteiger partial charge on any atom is -0.242 e. The predicted molar refractivity (Wildman–Crippen MR) is 50.9 cm³/mol. The molecule has 0 aromatic carbocycles. The van der Waals surface area contributed by atoms with Gasteiger partial charge in [-0.3, -0.25) is 0 Å². The Morgan fingerprint density at radius 3 is 2.64 bits per heavy atom. The molecule has 1 rings (SSSR count). The second kappa shape index (κ2) is 2.92. The molecule has 11 heavy (non-hydrogen) atoms. The van der Waals surface area contributed by atoms with E-state index in [0.29, 0.717) is 0 Å². The Labute approximate surface area is 72.8 Å². The number of rotatable bonds is 0. The van der Waals surface area contributed by atoms with Crippen LogP contribution in [-0.2, 0) is 0 Å². The molecule has 1 nitrogen and oxygen atoms in total.